The molecule has 0 saturated carbocycles. The molecule has 0 aliphatic rings. The Bertz CT molecular complexity index is 241. The van der Waals surface area contributed by atoms with Crippen molar-refractivity contribution in [2.24, 2.45) is 0 Å². The normalized spacial score (nSPS) is 9.09. The first-order chi connectivity index (χ1) is 5.34. The highest BCUT2D eigenvalue weighted by molar-refractivity contribution is 5.88. The molecule has 1 heterocycles. The first-order valence-electron chi connectivity index (χ1n) is 3.11. The molecule has 0 saturated heterocycles. The zero-order valence-corrected chi connectivity index (χ0v) is 5.91. The largest absolute Gasteiger partial charge is 0.458 e. The predicted molar refractivity (Wildman–Crippen MR) is 39.1 cm³/mol. The Labute approximate surface area is 63.9 Å². The van der Waals surface area contributed by atoms with Crippen LogP contribution in [0.25, 0.3) is 0 Å². The number of aromatic amines is 1. The summed E-state index contributed by atoms with van der Waals surface area (Å²) in [5.41, 5.74) is 0.423. The van der Waals surface area contributed by atoms with E-state index < -0.39 is 5.97 Å². The smallest absolute Gasteiger partial charge is 0.341 e. The van der Waals surface area contributed by atoms with Crippen LogP contribution in [-0.2, 0) is 4.74 Å². The minimum absolute atomic E-state index is 0.226. The molecule has 4 heteroatoms. The lowest BCUT2D eigenvalue weighted by Gasteiger charge is -1.96. The van der Waals surface area contributed by atoms with Gasteiger partial charge in [-0.15, -0.1) is 0 Å². The van der Waals surface area contributed by atoms with Crippen molar-refractivity contribution in [1.82, 2.24) is 10.2 Å². The van der Waals surface area contributed by atoms with Crippen LogP contribution in [0.5, 0.6) is 0 Å². The molecular formula is C7H8N2O2. The molecular weight excluding hydrogens is 144 g/mol. The molecule has 0 aromatic carbocycles. The summed E-state index contributed by atoms with van der Waals surface area (Å²) < 4.78 is 4.72. The van der Waals surface area contributed by atoms with Crippen LogP contribution in [0.2, 0.25) is 0 Å². The van der Waals surface area contributed by atoms with Crippen LogP contribution >= 0.6 is 0 Å². The number of H-pyrrole nitrogens is 1. The molecule has 0 aliphatic carbocycles. The number of aromatic nitrogens is 2. The van der Waals surface area contributed by atoms with E-state index in [2.05, 4.69) is 16.8 Å². The summed E-state index contributed by atoms with van der Waals surface area (Å²) in [6.45, 7) is 3.64. The number of carbonyl (C=O) groups excluding carboxylic acids is 1. The van der Waals surface area contributed by atoms with E-state index in [0.717, 1.165) is 0 Å². The average Bonchev–Trinajstić information content (AvgIpc) is 2.52. The highest BCUT2D eigenvalue weighted by Gasteiger charge is 2.05. The molecule has 0 atom stereocenters. The van der Waals surface area contributed by atoms with E-state index in [9.17, 15) is 4.79 Å². The van der Waals surface area contributed by atoms with E-state index in [1.807, 2.05) is 0 Å². The number of nitrogens with one attached hydrogen (secondary N) is 1. The topological polar surface area (TPSA) is 55.0 Å². The fourth-order valence-corrected chi connectivity index (χ4v) is 0.580. The van der Waals surface area contributed by atoms with Crippen LogP contribution in [-0.4, -0.2) is 22.8 Å². The summed E-state index contributed by atoms with van der Waals surface area (Å²) in [7, 11) is 0. The van der Waals surface area contributed by atoms with E-state index in [-0.39, 0.29) is 6.61 Å². The number of carbonyl (C=O) groups is 1. The van der Waals surface area contributed by atoms with Gasteiger partial charge in [-0.25, -0.2) is 4.79 Å². The summed E-state index contributed by atoms with van der Waals surface area (Å²) >= 11 is 0. The minimum atomic E-state index is -0.390. The molecule has 0 fully saturated rings. The summed E-state index contributed by atoms with van der Waals surface area (Å²) in [5, 5.41) is 6.11. The van der Waals surface area contributed by atoms with Gasteiger partial charge in [-0.1, -0.05) is 12.7 Å². The van der Waals surface area contributed by atoms with Crippen molar-refractivity contribution in [2.75, 3.05) is 6.61 Å². The van der Waals surface area contributed by atoms with E-state index in [1.165, 1.54) is 18.5 Å². The van der Waals surface area contributed by atoms with Crippen LogP contribution in [0.15, 0.2) is 25.0 Å². The molecule has 58 valence electrons. The molecule has 0 aliphatic heterocycles. The van der Waals surface area contributed by atoms with Crippen LogP contribution in [0, 0.1) is 0 Å². The van der Waals surface area contributed by atoms with Crippen LogP contribution in [0.1, 0.15) is 10.4 Å². The third-order valence-electron chi connectivity index (χ3n) is 1.07. The van der Waals surface area contributed by atoms with Gasteiger partial charge in [0.2, 0.25) is 0 Å². The lowest BCUT2D eigenvalue weighted by Crippen LogP contribution is -2.03. The summed E-state index contributed by atoms with van der Waals surface area (Å²) in [6, 6.07) is 0. The fraction of sp³-hybridized carbons (Fsp3) is 0.143. The average molecular weight is 152 g/mol. The fourth-order valence-electron chi connectivity index (χ4n) is 0.580. The highest BCUT2D eigenvalue weighted by Crippen LogP contribution is 1.96. The number of hydrogen-bond donors (Lipinski definition) is 1. The molecule has 1 rings (SSSR count). The summed E-state index contributed by atoms with van der Waals surface area (Å²) in [4.78, 5) is 10.9. The minimum Gasteiger partial charge on any atom is -0.458 e. The second kappa shape index (κ2) is 3.55. The predicted octanol–water partition coefficient (Wildman–Crippen LogP) is 0.752. The number of rotatable bonds is 3. The standard InChI is InChI=1S/C7H8N2O2/c1-2-3-11-7(10)6-4-8-9-5-6/h2,4-5H,1,3H2,(H,8,9). The van der Waals surface area contributed by atoms with Gasteiger partial charge in [-0.2, -0.15) is 5.10 Å². The molecule has 11 heavy (non-hydrogen) atoms. The first-order valence-corrected chi connectivity index (χ1v) is 3.11. The van der Waals surface area contributed by atoms with Gasteiger partial charge in [0.25, 0.3) is 0 Å². The molecule has 0 bridgehead atoms. The van der Waals surface area contributed by atoms with E-state index >= 15 is 0 Å². The Balaban J connectivity index is 2.49. The van der Waals surface area contributed by atoms with Crippen LogP contribution in [0.4, 0.5) is 0 Å². The van der Waals surface area contributed by atoms with Gasteiger partial charge in [0.1, 0.15) is 6.61 Å². The van der Waals surface area contributed by atoms with Gasteiger partial charge in [0.05, 0.1) is 11.8 Å². The second-order valence-corrected chi connectivity index (χ2v) is 1.87. The Hall–Kier alpha value is -1.58. The van der Waals surface area contributed by atoms with Gasteiger partial charge in [-0.05, 0) is 0 Å². The molecule has 0 spiro atoms. The van der Waals surface area contributed by atoms with Crippen LogP contribution < -0.4 is 0 Å². The first kappa shape index (κ1) is 7.53. The molecule has 1 N–H and O–H groups in total. The third-order valence-corrected chi connectivity index (χ3v) is 1.07. The van der Waals surface area contributed by atoms with Crippen molar-refractivity contribution in [3.8, 4) is 0 Å². The van der Waals surface area contributed by atoms with Crippen molar-refractivity contribution in [1.29, 1.82) is 0 Å². The van der Waals surface area contributed by atoms with Crippen molar-refractivity contribution in [3.05, 3.63) is 30.6 Å². The zero-order chi connectivity index (χ0) is 8.10. The number of ether oxygens (including phenoxy) is 1. The summed E-state index contributed by atoms with van der Waals surface area (Å²) in [6.07, 6.45) is 4.40. The molecule has 0 radical (unpaired) electrons. The van der Waals surface area contributed by atoms with Crippen LogP contribution in [0.3, 0.4) is 0 Å². The Morgan fingerprint density at radius 3 is 3.27 bits per heavy atom. The number of hydrogen-bond acceptors (Lipinski definition) is 3. The lowest BCUT2D eigenvalue weighted by atomic mass is 10.4. The van der Waals surface area contributed by atoms with Gasteiger partial charge >= 0.3 is 5.97 Å². The maximum atomic E-state index is 10.9. The quantitative estimate of drug-likeness (QED) is 0.513. The lowest BCUT2D eigenvalue weighted by molar-refractivity contribution is 0.0550. The Morgan fingerprint density at radius 2 is 2.73 bits per heavy atom. The van der Waals surface area contributed by atoms with Gasteiger partial charge in [-0.3, -0.25) is 5.10 Å². The summed E-state index contributed by atoms with van der Waals surface area (Å²) in [5.74, 6) is -0.390. The van der Waals surface area contributed by atoms with E-state index in [4.69, 9.17) is 4.74 Å². The molecule has 1 aromatic rings. The monoisotopic (exact) mass is 152 g/mol. The van der Waals surface area contributed by atoms with Crippen molar-refractivity contribution in [3.63, 3.8) is 0 Å². The van der Waals surface area contributed by atoms with Crippen molar-refractivity contribution >= 4 is 5.97 Å². The van der Waals surface area contributed by atoms with Gasteiger partial charge in [0.15, 0.2) is 0 Å². The maximum Gasteiger partial charge on any atom is 0.341 e. The second-order valence-electron chi connectivity index (χ2n) is 1.87. The van der Waals surface area contributed by atoms with Gasteiger partial charge in [0, 0.05) is 6.20 Å². The zero-order valence-electron chi connectivity index (χ0n) is 5.91. The Kier molecular flexibility index (Phi) is 2.43. The molecule has 0 amide bonds. The SMILES string of the molecule is C=CCOC(=O)c1cn[nH]c1. The number of nitrogens with zero attached hydrogens (tertiary/aromatic N) is 1. The van der Waals surface area contributed by atoms with E-state index in [0.29, 0.717) is 5.56 Å². The third kappa shape index (κ3) is 1.93. The maximum absolute atomic E-state index is 10.9. The molecule has 4 nitrogen and oxygen atoms in total. The molecule has 0 unspecified atom stereocenters. The Morgan fingerprint density at radius 1 is 1.91 bits per heavy atom. The highest BCUT2D eigenvalue weighted by atomic mass is 16.5. The van der Waals surface area contributed by atoms with E-state index in [1.54, 1.807) is 0 Å². The van der Waals surface area contributed by atoms with Crippen molar-refractivity contribution in [2.45, 2.75) is 0 Å². The van der Waals surface area contributed by atoms with Crippen molar-refractivity contribution < 1.29 is 9.53 Å². The number of esters is 1. The van der Waals surface area contributed by atoms with Gasteiger partial charge < -0.3 is 4.74 Å². The molecule has 1 aromatic heterocycles.